The van der Waals surface area contributed by atoms with Crippen molar-refractivity contribution in [2.45, 2.75) is 0 Å². The second kappa shape index (κ2) is 6.35. The van der Waals surface area contributed by atoms with Crippen molar-refractivity contribution in [3.8, 4) is 0 Å². The molecule has 0 fully saturated rings. The molecule has 10 heteroatoms. The Morgan fingerprint density at radius 1 is 0.950 bits per heavy atom. The highest BCUT2D eigenvalue weighted by molar-refractivity contribution is 9.10. The molecule has 2 amide bonds. The van der Waals surface area contributed by atoms with Gasteiger partial charge >= 0.3 is 23.8 Å². The van der Waals surface area contributed by atoms with Gasteiger partial charge in [-0.15, -0.1) is 0 Å². The van der Waals surface area contributed by atoms with Crippen molar-refractivity contribution < 1.29 is 29.4 Å². The average Bonchev–Trinajstić information content (AvgIpc) is 2.34. The van der Waals surface area contributed by atoms with E-state index in [0.29, 0.717) is 4.47 Å². The monoisotopic (exact) mass is 364 g/mol. The molecule has 0 saturated carbocycles. The van der Waals surface area contributed by atoms with Crippen LogP contribution in [0, 0.1) is 0 Å². The van der Waals surface area contributed by atoms with Gasteiger partial charge in [0.15, 0.2) is 0 Å². The van der Waals surface area contributed by atoms with Gasteiger partial charge in [-0.1, -0.05) is 27.5 Å². The molecule has 1 aromatic carbocycles. The third-order valence-electron chi connectivity index (χ3n) is 1.92. The molecular formula is C10H6BrClN2O6. The molecule has 0 saturated heterocycles. The Labute approximate surface area is 124 Å². The van der Waals surface area contributed by atoms with Crippen LogP contribution in [0.15, 0.2) is 16.6 Å². The number of carboxylic acid groups (broad SMARTS) is 2. The number of aliphatic carboxylic acids is 2. The predicted octanol–water partition coefficient (Wildman–Crippen LogP) is 1.15. The van der Waals surface area contributed by atoms with E-state index >= 15 is 0 Å². The molecule has 0 heterocycles. The van der Waals surface area contributed by atoms with E-state index < -0.39 is 23.8 Å². The lowest BCUT2D eigenvalue weighted by molar-refractivity contribution is -0.147. The Kier molecular flexibility index (Phi) is 5.06. The summed E-state index contributed by atoms with van der Waals surface area (Å²) in [6.45, 7) is 0. The summed E-state index contributed by atoms with van der Waals surface area (Å²) >= 11 is 8.89. The number of nitrogens with one attached hydrogen (secondary N) is 2. The highest BCUT2D eigenvalue weighted by Crippen LogP contribution is 2.34. The molecule has 1 rings (SSSR count). The highest BCUT2D eigenvalue weighted by atomic mass is 79.9. The molecule has 8 nitrogen and oxygen atoms in total. The van der Waals surface area contributed by atoms with E-state index in [0.717, 1.165) is 0 Å². The van der Waals surface area contributed by atoms with E-state index in [1.54, 1.807) is 0 Å². The van der Waals surface area contributed by atoms with Crippen molar-refractivity contribution in [2.24, 2.45) is 0 Å². The Balaban J connectivity index is 3.12. The first-order chi connectivity index (χ1) is 9.22. The fourth-order valence-corrected chi connectivity index (χ4v) is 1.78. The minimum absolute atomic E-state index is 0.103. The van der Waals surface area contributed by atoms with E-state index in [-0.39, 0.29) is 16.4 Å². The van der Waals surface area contributed by atoms with Gasteiger partial charge in [0.2, 0.25) is 0 Å². The van der Waals surface area contributed by atoms with Gasteiger partial charge in [-0.2, -0.15) is 0 Å². The Morgan fingerprint density at radius 3 is 1.60 bits per heavy atom. The number of anilines is 2. The van der Waals surface area contributed by atoms with Gasteiger partial charge in [0.1, 0.15) is 0 Å². The number of halogens is 2. The molecule has 4 N–H and O–H groups in total. The number of benzene rings is 1. The normalized spacial score (nSPS) is 9.70. The van der Waals surface area contributed by atoms with Crippen LogP contribution in [-0.4, -0.2) is 34.0 Å². The summed E-state index contributed by atoms with van der Waals surface area (Å²) in [5.41, 5.74) is -0.205. The van der Waals surface area contributed by atoms with Crippen LogP contribution in [0.25, 0.3) is 0 Å². The molecule has 0 aromatic heterocycles. The standard InChI is InChI=1S/C10H6BrClN2O6/c11-3-1-4(13-7(15)9(17)18)6(12)5(2-3)14-8(16)10(19)20/h1-2H,(H,13,15)(H,14,16)(H,17,18)(H,19,20). The second-order valence-electron chi connectivity index (χ2n) is 3.33. The molecule has 106 valence electrons. The predicted molar refractivity (Wildman–Crippen MR) is 71.7 cm³/mol. The molecule has 0 atom stereocenters. The molecule has 0 unspecified atom stereocenters. The smallest absolute Gasteiger partial charge is 0.394 e. The summed E-state index contributed by atoms with van der Waals surface area (Å²) in [4.78, 5) is 43.0. The van der Waals surface area contributed by atoms with Gasteiger partial charge in [0.05, 0.1) is 16.4 Å². The van der Waals surface area contributed by atoms with Crippen molar-refractivity contribution in [3.63, 3.8) is 0 Å². The number of hydrogen-bond acceptors (Lipinski definition) is 4. The van der Waals surface area contributed by atoms with E-state index in [1.807, 2.05) is 10.6 Å². The van der Waals surface area contributed by atoms with Crippen molar-refractivity contribution >= 4 is 62.7 Å². The van der Waals surface area contributed by atoms with Crippen LogP contribution >= 0.6 is 27.5 Å². The molecule has 0 aliphatic rings. The maximum atomic E-state index is 11.1. The van der Waals surface area contributed by atoms with Crippen molar-refractivity contribution in [1.29, 1.82) is 0 Å². The Bertz CT molecular complexity index is 569. The van der Waals surface area contributed by atoms with E-state index in [2.05, 4.69) is 15.9 Å². The first kappa shape index (κ1) is 15.9. The Morgan fingerprint density at radius 2 is 1.30 bits per heavy atom. The van der Waals surface area contributed by atoms with Gasteiger partial charge in [-0.05, 0) is 12.1 Å². The highest BCUT2D eigenvalue weighted by Gasteiger charge is 2.18. The minimum Gasteiger partial charge on any atom is -0.474 e. The van der Waals surface area contributed by atoms with Gasteiger partial charge in [-0.3, -0.25) is 9.59 Å². The summed E-state index contributed by atoms with van der Waals surface area (Å²) < 4.78 is 0.336. The number of hydrogen-bond donors (Lipinski definition) is 4. The summed E-state index contributed by atoms with van der Waals surface area (Å²) in [7, 11) is 0. The lowest BCUT2D eigenvalue weighted by Crippen LogP contribution is -2.23. The lowest BCUT2D eigenvalue weighted by Gasteiger charge is -2.11. The topological polar surface area (TPSA) is 133 Å². The fourth-order valence-electron chi connectivity index (χ4n) is 1.12. The molecule has 0 spiro atoms. The quantitative estimate of drug-likeness (QED) is 0.581. The number of carboxylic acids is 2. The lowest BCUT2D eigenvalue weighted by atomic mass is 10.2. The van der Waals surface area contributed by atoms with Gasteiger partial charge < -0.3 is 20.8 Å². The zero-order chi connectivity index (χ0) is 15.4. The SMILES string of the molecule is O=C(O)C(=O)Nc1cc(Br)cc(NC(=O)C(=O)O)c1Cl. The van der Waals surface area contributed by atoms with E-state index in [1.165, 1.54) is 12.1 Å². The van der Waals surface area contributed by atoms with Crippen molar-refractivity contribution in [2.75, 3.05) is 10.6 Å². The summed E-state index contributed by atoms with van der Waals surface area (Å²) in [5.74, 6) is -6.12. The molecule has 0 aliphatic heterocycles. The van der Waals surface area contributed by atoms with Gasteiger partial charge in [0.25, 0.3) is 0 Å². The number of carbonyl (C=O) groups is 4. The maximum Gasteiger partial charge on any atom is 0.394 e. The minimum atomic E-state index is -1.72. The van der Waals surface area contributed by atoms with E-state index in [4.69, 9.17) is 21.8 Å². The van der Waals surface area contributed by atoms with Crippen LogP contribution in [0.2, 0.25) is 5.02 Å². The molecular weight excluding hydrogens is 359 g/mol. The fraction of sp³-hybridized carbons (Fsp3) is 0. The molecule has 1 aromatic rings. The summed E-state index contributed by atoms with van der Waals surface area (Å²) in [5, 5.41) is 20.7. The van der Waals surface area contributed by atoms with Crippen LogP contribution in [0.3, 0.4) is 0 Å². The molecule has 0 bridgehead atoms. The maximum absolute atomic E-state index is 11.1. The van der Waals surface area contributed by atoms with Crippen molar-refractivity contribution in [3.05, 3.63) is 21.6 Å². The molecule has 20 heavy (non-hydrogen) atoms. The number of amides is 2. The van der Waals surface area contributed by atoms with Crippen LogP contribution < -0.4 is 10.6 Å². The first-order valence-electron chi connectivity index (χ1n) is 4.80. The summed E-state index contributed by atoms with van der Waals surface area (Å²) in [6.07, 6.45) is 0. The average molecular weight is 366 g/mol. The summed E-state index contributed by atoms with van der Waals surface area (Å²) in [6, 6.07) is 2.58. The largest absolute Gasteiger partial charge is 0.474 e. The third-order valence-corrected chi connectivity index (χ3v) is 2.79. The zero-order valence-corrected chi connectivity index (χ0v) is 11.8. The van der Waals surface area contributed by atoms with Crippen LogP contribution in [-0.2, 0) is 19.2 Å². The van der Waals surface area contributed by atoms with Gasteiger partial charge in [0, 0.05) is 4.47 Å². The van der Waals surface area contributed by atoms with Crippen LogP contribution in [0.1, 0.15) is 0 Å². The first-order valence-corrected chi connectivity index (χ1v) is 5.97. The Hall–Kier alpha value is -2.13. The van der Waals surface area contributed by atoms with Crippen molar-refractivity contribution in [1.82, 2.24) is 0 Å². The number of rotatable bonds is 2. The molecule has 0 radical (unpaired) electrons. The number of carbonyl (C=O) groups excluding carboxylic acids is 2. The van der Waals surface area contributed by atoms with Gasteiger partial charge in [-0.25, -0.2) is 9.59 Å². The second-order valence-corrected chi connectivity index (χ2v) is 4.63. The van der Waals surface area contributed by atoms with Crippen LogP contribution in [0.4, 0.5) is 11.4 Å². The zero-order valence-electron chi connectivity index (χ0n) is 9.44. The third kappa shape index (κ3) is 3.93. The molecule has 0 aliphatic carbocycles. The van der Waals surface area contributed by atoms with E-state index in [9.17, 15) is 19.2 Å². The van der Waals surface area contributed by atoms with Crippen LogP contribution in [0.5, 0.6) is 0 Å².